The van der Waals surface area contributed by atoms with E-state index in [-0.39, 0.29) is 0 Å². The van der Waals surface area contributed by atoms with Crippen LogP contribution in [0.3, 0.4) is 0 Å². The summed E-state index contributed by atoms with van der Waals surface area (Å²) < 4.78 is 1.13. The number of aryl methyl sites for hydroxylation is 1. The average Bonchev–Trinajstić information content (AvgIpc) is 3.01. The molecule has 0 atom stereocenters. The molecule has 0 radical (unpaired) electrons. The van der Waals surface area contributed by atoms with Crippen molar-refractivity contribution in [3.63, 3.8) is 0 Å². The largest absolute Gasteiger partial charge is 0.328 e. The molecule has 108 valence electrons. The molecule has 0 saturated carbocycles. The molecule has 0 spiro atoms. The molecule has 0 amide bonds. The molecule has 0 aliphatic carbocycles. The van der Waals surface area contributed by atoms with Crippen LogP contribution in [0.4, 0.5) is 11.5 Å². The predicted molar refractivity (Wildman–Crippen MR) is 94.2 cm³/mol. The molecule has 2 aromatic carbocycles. The van der Waals surface area contributed by atoms with Gasteiger partial charge in [-0.2, -0.15) is 0 Å². The Labute approximate surface area is 132 Å². The van der Waals surface area contributed by atoms with E-state index >= 15 is 0 Å². The van der Waals surface area contributed by atoms with Gasteiger partial charge in [0.1, 0.15) is 5.82 Å². The Bertz CT molecular complexity index is 969. The SMILES string of the molecule is Cc1nc(N(C)c2cccc3ccccc23)c2sccc2n1. The summed E-state index contributed by atoms with van der Waals surface area (Å²) in [7, 11) is 2.07. The molecule has 0 aliphatic heterocycles. The van der Waals surface area contributed by atoms with Crippen LogP contribution in [0.2, 0.25) is 0 Å². The van der Waals surface area contributed by atoms with Crippen molar-refractivity contribution >= 4 is 43.8 Å². The van der Waals surface area contributed by atoms with Gasteiger partial charge in [0.05, 0.1) is 10.2 Å². The Hall–Kier alpha value is -2.46. The number of aromatic nitrogens is 2. The van der Waals surface area contributed by atoms with Crippen molar-refractivity contribution in [3.05, 3.63) is 59.7 Å². The summed E-state index contributed by atoms with van der Waals surface area (Å²) >= 11 is 1.68. The van der Waals surface area contributed by atoms with Crippen molar-refractivity contribution in [2.75, 3.05) is 11.9 Å². The van der Waals surface area contributed by atoms with Gasteiger partial charge in [0, 0.05) is 18.1 Å². The number of anilines is 2. The Morgan fingerprint density at radius 2 is 1.77 bits per heavy atom. The monoisotopic (exact) mass is 305 g/mol. The molecule has 2 aromatic heterocycles. The first-order chi connectivity index (χ1) is 10.7. The second kappa shape index (κ2) is 5.07. The van der Waals surface area contributed by atoms with Crippen molar-refractivity contribution in [3.8, 4) is 0 Å². The molecule has 4 rings (SSSR count). The van der Waals surface area contributed by atoms with Gasteiger partial charge in [0.15, 0.2) is 5.82 Å². The Morgan fingerprint density at radius 3 is 2.68 bits per heavy atom. The van der Waals surface area contributed by atoms with Crippen molar-refractivity contribution in [1.82, 2.24) is 9.97 Å². The van der Waals surface area contributed by atoms with Gasteiger partial charge >= 0.3 is 0 Å². The van der Waals surface area contributed by atoms with E-state index in [9.17, 15) is 0 Å². The van der Waals surface area contributed by atoms with Crippen molar-refractivity contribution in [2.24, 2.45) is 0 Å². The molecule has 4 aromatic rings. The Balaban J connectivity index is 1.96. The van der Waals surface area contributed by atoms with Crippen LogP contribution in [0.1, 0.15) is 5.82 Å². The maximum Gasteiger partial charge on any atom is 0.154 e. The number of thiophene rings is 1. The topological polar surface area (TPSA) is 29.0 Å². The normalized spacial score (nSPS) is 11.2. The maximum atomic E-state index is 4.68. The van der Waals surface area contributed by atoms with E-state index in [1.807, 2.05) is 6.92 Å². The first kappa shape index (κ1) is 13.2. The summed E-state index contributed by atoms with van der Waals surface area (Å²) in [4.78, 5) is 11.4. The van der Waals surface area contributed by atoms with E-state index in [0.717, 1.165) is 27.5 Å². The number of benzene rings is 2. The molecule has 0 unspecified atom stereocenters. The minimum absolute atomic E-state index is 0.799. The molecule has 0 saturated heterocycles. The highest BCUT2D eigenvalue weighted by Crippen LogP contribution is 2.35. The molecular weight excluding hydrogens is 290 g/mol. The second-order valence-electron chi connectivity index (χ2n) is 5.29. The number of fused-ring (bicyclic) bond motifs is 2. The van der Waals surface area contributed by atoms with Crippen LogP contribution in [0.15, 0.2) is 53.9 Å². The van der Waals surface area contributed by atoms with Gasteiger partial charge in [0.2, 0.25) is 0 Å². The van der Waals surface area contributed by atoms with Crippen LogP contribution in [0.25, 0.3) is 21.0 Å². The average molecular weight is 305 g/mol. The van der Waals surface area contributed by atoms with Crippen LogP contribution >= 0.6 is 11.3 Å². The molecule has 0 fully saturated rings. The number of hydrogen-bond donors (Lipinski definition) is 0. The van der Waals surface area contributed by atoms with Gasteiger partial charge in [-0.25, -0.2) is 9.97 Å². The van der Waals surface area contributed by atoms with E-state index < -0.39 is 0 Å². The first-order valence-corrected chi connectivity index (χ1v) is 8.05. The molecule has 2 heterocycles. The third-order valence-electron chi connectivity index (χ3n) is 3.84. The lowest BCUT2D eigenvalue weighted by Gasteiger charge is -2.21. The number of hydrogen-bond acceptors (Lipinski definition) is 4. The molecule has 0 aliphatic rings. The molecule has 0 N–H and O–H groups in total. The maximum absolute atomic E-state index is 4.68. The van der Waals surface area contributed by atoms with Gasteiger partial charge < -0.3 is 4.90 Å². The van der Waals surface area contributed by atoms with Crippen LogP contribution in [0.5, 0.6) is 0 Å². The summed E-state index contributed by atoms with van der Waals surface area (Å²) in [5.41, 5.74) is 2.17. The van der Waals surface area contributed by atoms with Crippen LogP contribution in [0, 0.1) is 6.92 Å². The second-order valence-corrected chi connectivity index (χ2v) is 6.20. The van der Waals surface area contributed by atoms with E-state index in [0.29, 0.717) is 0 Å². The molecule has 4 heteroatoms. The van der Waals surface area contributed by atoms with Gasteiger partial charge in [-0.05, 0) is 29.8 Å². The number of nitrogens with zero attached hydrogens (tertiary/aromatic N) is 3. The lowest BCUT2D eigenvalue weighted by molar-refractivity contribution is 1.05. The summed E-state index contributed by atoms with van der Waals surface area (Å²) in [6.45, 7) is 1.94. The fourth-order valence-corrected chi connectivity index (χ4v) is 3.66. The lowest BCUT2D eigenvalue weighted by atomic mass is 10.1. The van der Waals surface area contributed by atoms with Crippen molar-refractivity contribution in [1.29, 1.82) is 0 Å². The van der Waals surface area contributed by atoms with Gasteiger partial charge in [-0.1, -0.05) is 36.4 Å². The van der Waals surface area contributed by atoms with Crippen LogP contribution in [-0.4, -0.2) is 17.0 Å². The van der Waals surface area contributed by atoms with E-state index in [1.165, 1.54) is 10.8 Å². The summed E-state index contributed by atoms with van der Waals surface area (Å²) in [5, 5.41) is 4.53. The van der Waals surface area contributed by atoms with Crippen LogP contribution < -0.4 is 4.90 Å². The summed E-state index contributed by atoms with van der Waals surface area (Å²) in [6, 6.07) is 16.9. The van der Waals surface area contributed by atoms with Gasteiger partial charge in [-0.15, -0.1) is 11.3 Å². The van der Waals surface area contributed by atoms with Crippen LogP contribution in [-0.2, 0) is 0 Å². The fraction of sp³-hybridized carbons (Fsp3) is 0.111. The first-order valence-electron chi connectivity index (χ1n) is 7.17. The fourth-order valence-electron chi connectivity index (χ4n) is 2.80. The third kappa shape index (κ3) is 2.04. The zero-order valence-electron chi connectivity index (χ0n) is 12.4. The van der Waals surface area contributed by atoms with Crippen molar-refractivity contribution < 1.29 is 0 Å². The highest BCUT2D eigenvalue weighted by molar-refractivity contribution is 7.17. The standard InChI is InChI=1S/C18H15N3S/c1-12-19-15-10-11-22-17(15)18(20-12)21(2)16-9-5-7-13-6-3-4-8-14(13)16/h3-11H,1-2H3. The third-order valence-corrected chi connectivity index (χ3v) is 4.74. The minimum atomic E-state index is 0.799. The lowest BCUT2D eigenvalue weighted by Crippen LogP contribution is -2.12. The zero-order valence-corrected chi connectivity index (χ0v) is 13.3. The Morgan fingerprint density at radius 1 is 0.955 bits per heavy atom. The molecule has 3 nitrogen and oxygen atoms in total. The highest BCUT2D eigenvalue weighted by atomic mass is 32.1. The molecular formula is C18H15N3S. The summed E-state index contributed by atoms with van der Waals surface area (Å²) in [6.07, 6.45) is 0. The predicted octanol–water partition coefficient (Wildman–Crippen LogP) is 4.92. The number of rotatable bonds is 2. The molecule has 22 heavy (non-hydrogen) atoms. The van der Waals surface area contributed by atoms with E-state index in [4.69, 9.17) is 0 Å². The zero-order chi connectivity index (χ0) is 15.1. The smallest absolute Gasteiger partial charge is 0.154 e. The summed E-state index contributed by atoms with van der Waals surface area (Å²) in [5.74, 6) is 1.77. The van der Waals surface area contributed by atoms with Gasteiger partial charge in [0.25, 0.3) is 0 Å². The quantitative estimate of drug-likeness (QED) is 0.526. The highest BCUT2D eigenvalue weighted by Gasteiger charge is 2.14. The molecule has 0 bridgehead atoms. The van der Waals surface area contributed by atoms with Crippen molar-refractivity contribution in [2.45, 2.75) is 6.92 Å². The van der Waals surface area contributed by atoms with E-state index in [2.05, 4.69) is 75.8 Å². The Kier molecular flexibility index (Phi) is 3.05. The van der Waals surface area contributed by atoms with Gasteiger partial charge in [-0.3, -0.25) is 0 Å². The minimum Gasteiger partial charge on any atom is -0.328 e. The van der Waals surface area contributed by atoms with E-state index in [1.54, 1.807) is 11.3 Å².